The Bertz CT molecular complexity index is 545. The van der Waals surface area contributed by atoms with Gasteiger partial charge in [0.1, 0.15) is 5.82 Å². The smallest absolute Gasteiger partial charge is 0.191 e. The zero-order valence-corrected chi connectivity index (χ0v) is 15.1. The second kappa shape index (κ2) is 7.55. The number of hydrogen-bond acceptors (Lipinski definition) is 4. The number of aryl methyl sites for hydroxylation is 1. The van der Waals surface area contributed by atoms with Crippen LogP contribution in [0.4, 0.5) is 0 Å². The maximum atomic E-state index is 6.03. The van der Waals surface area contributed by atoms with Gasteiger partial charge in [-0.1, -0.05) is 24.6 Å². The molecule has 0 unspecified atom stereocenters. The van der Waals surface area contributed by atoms with Crippen molar-refractivity contribution in [3.05, 3.63) is 5.82 Å². The zero-order valence-electron chi connectivity index (χ0n) is 14.2. The lowest BCUT2D eigenvalue weighted by molar-refractivity contribution is 0.460. The fraction of sp³-hybridized carbons (Fsp3) is 0.812. The summed E-state index contributed by atoms with van der Waals surface area (Å²) in [7, 11) is 2.04. The Morgan fingerprint density at radius 1 is 1.30 bits per heavy atom. The van der Waals surface area contributed by atoms with Crippen molar-refractivity contribution in [3.8, 4) is 0 Å². The van der Waals surface area contributed by atoms with E-state index in [2.05, 4.69) is 30.9 Å². The van der Waals surface area contributed by atoms with E-state index in [9.17, 15) is 0 Å². The number of guanidine groups is 1. The lowest BCUT2D eigenvalue weighted by Crippen LogP contribution is -2.35. The first-order valence-corrected chi connectivity index (χ1v) is 9.93. The molecule has 1 aromatic rings. The quantitative estimate of drug-likeness (QED) is 0.358. The van der Waals surface area contributed by atoms with Gasteiger partial charge >= 0.3 is 0 Å². The van der Waals surface area contributed by atoms with Crippen LogP contribution in [0.2, 0.25) is 0 Å². The second-order valence-electron chi connectivity index (χ2n) is 6.60. The van der Waals surface area contributed by atoms with Crippen LogP contribution < -0.4 is 5.73 Å². The molecule has 0 spiro atoms. The number of nitrogens with zero attached hydrogens (tertiary/aromatic N) is 5. The number of aromatic nitrogens is 3. The van der Waals surface area contributed by atoms with Gasteiger partial charge in [0.25, 0.3) is 0 Å². The van der Waals surface area contributed by atoms with Crippen molar-refractivity contribution < 1.29 is 0 Å². The zero-order chi connectivity index (χ0) is 16.2. The van der Waals surface area contributed by atoms with E-state index in [1.165, 1.54) is 38.5 Å². The molecule has 0 atom stereocenters. The van der Waals surface area contributed by atoms with E-state index in [-0.39, 0.29) is 0 Å². The molecule has 1 aromatic heterocycles. The highest BCUT2D eigenvalue weighted by Crippen LogP contribution is 2.33. The number of nitrogens with two attached hydrogens (primary N) is 1. The van der Waals surface area contributed by atoms with E-state index < -0.39 is 0 Å². The normalized spacial score (nSPS) is 19.5. The highest BCUT2D eigenvalue weighted by atomic mass is 32.2. The van der Waals surface area contributed by atoms with Gasteiger partial charge in [0, 0.05) is 32.1 Å². The van der Waals surface area contributed by atoms with Crippen molar-refractivity contribution in [1.29, 1.82) is 0 Å². The maximum Gasteiger partial charge on any atom is 0.191 e. The molecule has 0 bridgehead atoms. The molecule has 23 heavy (non-hydrogen) atoms. The Hall–Kier alpha value is -1.24. The van der Waals surface area contributed by atoms with Crippen LogP contribution in [-0.2, 0) is 6.42 Å². The molecule has 2 aliphatic carbocycles. The molecule has 2 N–H and O–H groups in total. The van der Waals surface area contributed by atoms with Crippen LogP contribution in [0.25, 0.3) is 0 Å². The summed E-state index contributed by atoms with van der Waals surface area (Å²) in [6.07, 6.45) is 11.6. The highest BCUT2D eigenvalue weighted by Gasteiger charge is 2.27. The van der Waals surface area contributed by atoms with Gasteiger partial charge in [-0.3, -0.25) is 4.99 Å². The van der Waals surface area contributed by atoms with Gasteiger partial charge < -0.3 is 15.2 Å². The molecular weight excluding hydrogens is 308 g/mol. The van der Waals surface area contributed by atoms with E-state index in [1.807, 2.05) is 7.05 Å². The van der Waals surface area contributed by atoms with Crippen molar-refractivity contribution in [2.24, 2.45) is 10.7 Å². The molecule has 0 aromatic carbocycles. The van der Waals surface area contributed by atoms with Crippen LogP contribution in [0, 0.1) is 0 Å². The molecule has 2 fully saturated rings. The molecule has 128 valence electrons. The summed E-state index contributed by atoms with van der Waals surface area (Å²) in [5.41, 5.74) is 6.03. The number of thioether (sulfide) groups is 1. The van der Waals surface area contributed by atoms with Crippen LogP contribution >= 0.6 is 11.8 Å². The van der Waals surface area contributed by atoms with Crippen LogP contribution in [-0.4, -0.2) is 51.5 Å². The Morgan fingerprint density at radius 2 is 2.04 bits per heavy atom. The highest BCUT2D eigenvalue weighted by molar-refractivity contribution is 7.98. The van der Waals surface area contributed by atoms with E-state index in [1.54, 1.807) is 11.8 Å². The summed E-state index contributed by atoms with van der Waals surface area (Å²) in [4.78, 5) is 6.62. The minimum absolute atomic E-state index is 0.594. The molecule has 0 aliphatic heterocycles. The van der Waals surface area contributed by atoms with Gasteiger partial charge in [-0.05, 0) is 38.4 Å². The van der Waals surface area contributed by atoms with Gasteiger partial charge in [-0.2, -0.15) is 0 Å². The topological polar surface area (TPSA) is 72.3 Å². The third-order valence-electron chi connectivity index (χ3n) is 4.90. The summed E-state index contributed by atoms with van der Waals surface area (Å²) < 4.78 is 2.38. The predicted molar refractivity (Wildman–Crippen MR) is 94.9 cm³/mol. The fourth-order valence-electron chi connectivity index (χ4n) is 3.34. The third kappa shape index (κ3) is 4.00. The average Bonchev–Trinajstić information content (AvgIpc) is 3.11. The first-order chi connectivity index (χ1) is 11.2. The second-order valence-corrected chi connectivity index (χ2v) is 7.37. The molecule has 0 amide bonds. The molecule has 1 heterocycles. The Labute approximate surface area is 142 Å². The predicted octanol–water partition coefficient (Wildman–Crippen LogP) is 2.46. The van der Waals surface area contributed by atoms with Gasteiger partial charge in [0.15, 0.2) is 11.1 Å². The third-order valence-corrected chi connectivity index (χ3v) is 5.54. The standard InChI is InChI=1S/C16H28N6S/c1-21(12-9-10-12)15(17)18-11-5-8-14-19-20-16(23-2)22(14)13-6-3-4-7-13/h12-13H,3-11H2,1-2H3,(H2,17,18). The van der Waals surface area contributed by atoms with Gasteiger partial charge in [-0.15, -0.1) is 10.2 Å². The van der Waals surface area contributed by atoms with Crippen molar-refractivity contribution in [1.82, 2.24) is 19.7 Å². The summed E-state index contributed by atoms with van der Waals surface area (Å²) >= 11 is 1.70. The average molecular weight is 337 g/mol. The van der Waals surface area contributed by atoms with Crippen LogP contribution in [0.15, 0.2) is 10.1 Å². The SMILES string of the molecule is CSc1nnc(CCCN=C(N)N(C)C2CC2)n1C1CCCC1. The van der Waals surface area contributed by atoms with E-state index in [0.29, 0.717) is 18.0 Å². The molecule has 2 saturated carbocycles. The Morgan fingerprint density at radius 3 is 2.70 bits per heavy atom. The largest absolute Gasteiger partial charge is 0.370 e. The summed E-state index contributed by atoms with van der Waals surface area (Å²) in [5.74, 6) is 1.79. The van der Waals surface area contributed by atoms with Crippen molar-refractivity contribution in [3.63, 3.8) is 0 Å². The van der Waals surface area contributed by atoms with E-state index >= 15 is 0 Å². The lowest BCUT2D eigenvalue weighted by Gasteiger charge is -2.17. The fourth-order valence-corrected chi connectivity index (χ4v) is 3.91. The minimum Gasteiger partial charge on any atom is -0.370 e. The molecule has 7 heteroatoms. The van der Waals surface area contributed by atoms with Gasteiger partial charge in [0.05, 0.1) is 0 Å². The van der Waals surface area contributed by atoms with E-state index in [4.69, 9.17) is 5.73 Å². The van der Waals surface area contributed by atoms with Crippen LogP contribution in [0.1, 0.15) is 56.8 Å². The van der Waals surface area contributed by atoms with Crippen molar-refractivity contribution in [2.45, 2.75) is 68.6 Å². The Kier molecular flexibility index (Phi) is 5.46. The van der Waals surface area contributed by atoms with Crippen LogP contribution in [0.3, 0.4) is 0 Å². The van der Waals surface area contributed by atoms with Crippen molar-refractivity contribution in [2.75, 3.05) is 19.8 Å². The molecule has 2 aliphatic rings. The Balaban J connectivity index is 1.55. The molecular formula is C16H28N6S. The van der Waals surface area contributed by atoms with Gasteiger partial charge in [-0.25, -0.2) is 0 Å². The first-order valence-electron chi connectivity index (χ1n) is 8.71. The molecule has 3 rings (SSSR count). The number of hydrogen-bond donors (Lipinski definition) is 1. The minimum atomic E-state index is 0.594. The number of aliphatic imine (C=N–C) groups is 1. The summed E-state index contributed by atoms with van der Waals surface area (Å²) in [6, 6.07) is 1.21. The van der Waals surface area contributed by atoms with Gasteiger partial charge in [0.2, 0.25) is 0 Å². The summed E-state index contributed by atoms with van der Waals surface area (Å²) in [6.45, 7) is 0.759. The summed E-state index contributed by atoms with van der Waals surface area (Å²) in [5, 5.41) is 9.84. The van der Waals surface area contributed by atoms with Crippen molar-refractivity contribution >= 4 is 17.7 Å². The molecule has 6 nitrogen and oxygen atoms in total. The molecule has 0 radical (unpaired) electrons. The van der Waals surface area contributed by atoms with E-state index in [0.717, 1.165) is 30.4 Å². The lowest BCUT2D eigenvalue weighted by atomic mass is 10.2. The van der Waals surface area contributed by atoms with Crippen LogP contribution in [0.5, 0.6) is 0 Å². The first kappa shape index (κ1) is 16.6. The number of rotatable bonds is 7. The molecule has 0 saturated heterocycles. The monoisotopic (exact) mass is 336 g/mol. The maximum absolute atomic E-state index is 6.03.